The molecule has 0 unspecified atom stereocenters. The minimum atomic E-state index is -3.62. The lowest BCUT2D eigenvalue weighted by Gasteiger charge is -2.09. The molecular weight excluding hydrogens is 298 g/mol. The number of hydrogen-bond donors (Lipinski definition) is 1. The van der Waals surface area contributed by atoms with E-state index in [2.05, 4.69) is 9.71 Å². The molecule has 0 bridgehead atoms. The van der Waals surface area contributed by atoms with E-state index in [1.807, 2.05) is 6.07 Å². The van der Waals surface area contributed by atoms with Crippen LogP contribution in [0.4, 0.5) is 5.69 Å². The van der Waals surface area contributed by atoms with Crippen LogP contribution < -0.4 is 4.72 Å². The normalized spacial score (nSPS) is 10.8. The van der Waals surface area contributed by atoms with Gasteiger partial charge in [-0.25, -0.2) is 8.42 Å². The molecule has 20 heavy (non-hydrogen) atoms. The first-order valence-electron chi connectivity index (χ1n) is 5.59. The molecule has 1 aromatic carbocycles. The van der Waals surface area contributed by atoms with Gasteiger partial charge in [0.25, 0.3) is 0 Å². The standard InChI is InChI=1S/C13H10ClN3O2S/c14-12-4-5-16-8-13(12)17-20(18,19)9-11-3-1-2-10(6-11)7-15/h1-6,8,17H,9H2. The number of nitriles is 1. The van der Waals surface area contributed by atoms with Crippen molar-refractivity contribution in [3.8, 4) is 6.07 Å². The van der Waals surface area contributed by atoms with Gasteiger partial charge in [0.15, 0.2) is 0 Å². The zero-order chi connectivity index (χ0) is 14.6. The second-order valence-corrected chi connectivity index (χ2v) is 6.16. The molecule has 102 valence electrons. The predicted molar refractivity (Wildman–Crippen MR) is 76.7 cm³/mol. The second-order valence-electron chi connectivity index (χ2n) is 4.03. The van der Waals surface area contributed by atoms with Gasteiger partial charge in [0.2, 0.25) is 10.0 Å². The van der Waals surface area contributed by atoms with Gasteiger partial charge in [0, 0.05) is 6.20 Å². The van der Waals surface area contributed by atoms with Crippen LogP contribution in [0.25, 0.3) is 0 Å². The van der Waals surface area contributed by atoms with Crippen LogP contribution in [0, 0.1) is 11.3 Å². The summed E-state index contributed by atoms with van der Waals surface area (Å²) in [7, 11) is -3.62. The van der Waals surface area contributed by atoms with Crippen molar-refractivity contribution in [1.82, 2.24) is 4.98 Å². The third-order valence-corrected chi connectivity index (χ3v) is 4.02. The Morgan fingerprint density at radius 2 is 2.15 bits per heavy atom. The molecule has 0 aliphatic heterocycles. The maximum absolute atomic E-state index is 12.0. The number of rotatable bonds is 4. The number of nitrogens with zero attached hydrogens (tertiary/aromatic N) is 2. The summed E-state index contributed by atoms with van der Waals surface area (Å²) >= 11 is 5.87. The summed E-state index contributed by atoms with van der Waals surface area (Å²) in [6.07, 6.45) is 2.81. The first-order chi connectivity index (χ1) is 9.50. The monoisotopic (exact) mass is 307 g/mol. The van der Waals surface area contributed by atoms with Gasteiger partial charge in [0.05, 0.1) is 34.3 Å². The zero-order valence-electron chi connectivity index (χ0n) is 10.2. The number of hydrogen-bond acceptors (Lipinski definition) is 4. The lowest BCUT2D eigenvalue weighted by atomic mass is 10.2. The molecule has 0 fully saturated rings. The van der Waals surface area contributed by atoms with Crippen molar-refractivity contribution in [3.63, 3.8) is 0 Å². The Morgan fingerprint density at radius 1 is 1.35 bits per heavy atom. The number of anilines is 1. The van der Waals surface area contributed by atoms with Gasteiger partial charge in [-0.3, -0.25) is 9.71 Å². The Kier molecular flexibility index (Phi) is 4.23. The molecule has 0 radical (unpaired) electrons. The van der Waals surface area contributed by atoms with E-state index in [0.29, 0.717) is 11.1 Å². The Morgan fingerprint density at radius 3 is 2.85 bits per heavy atom. The lowest BCUT2D eigenvalue weighted by molar-refractivity contribution is 0.600. The molecule has 1 N–H and O–H groups in total. The topological polar surface area (TPSA) is 82.8 Å². The maximum Gasteiger partial charge on any atom is 0.237 e. The van der Waals surface area contributed by atoms with Gasteiger partial charge in [0.1, 0.15) is 0 Å². The molecule has 0 saturated carbocycles. The number of halogens is 1. The van der Waals surface area contributed by atoms with Crippen LogP contribution in [0.1, 0.15) is 11.1 Å². The molecule has 1 heterocycles. The summed E-state index contributed by atoms with van der Waals surface area (Å²) in [6, 6.07) is 9.89. The van der Waals surface area contributed by atoms with E-state index < -0.39 is 10.0 Å². The Hall–Kier alpha value is -2.10. The number of benzene rings is 1. The summed E-state index contributed by atoms with van der Waals surface area (Å²) in [5.41, 5.74) is 1.17. The van der Waals surface area contributed by atoms with Crippen LogP contribution in [0.3, 0.4) is 0 Å². The van der Waals surface area contributed by atoms with Crippen molar-refractivity contribution in [2.75, 3.05) is 4.72 Å². The van der Waals surface area contributed by atoms with E-state index in [-0.39, 0.29) is 16.5 Å². The van der Waals surface area contributed by atoms with Crippen LogP contribution in [-0.2, 0) is 15.8 Å². The van der Waals surface area contributed by atoms with E-state index in [1.165, 1.54) is 24.5 Å². The van der Waals surface area contributed by atoms with E-state index in [0.717, 1.165) is 0 Å². The van der Waals surface area contributed by atoms with Crippen molar-refractivity contribution in [2.45, 2.75) is 5.75 Å². The maximum atomic E-state index is 12.0. The van der Waals surface area contributed by atoms with Crippen molar-refractivity contribution in [1.29, 1.82) is 5.26 Å². The molecule has 5 nitrogen and oxygen atoms in total. The van der Waals surface area contributed by atoms with Crippen LogP contribution >= 0.6 is 11.6 Å². The SMILES string of the molecule is N#Cc1cccc(CS(=O)(=O)Nc2cnccc2Cl)c1. The highest BCUT2D eigenvalue weighted by Crippen LogP contribution is 2.21. The molecule has 1 aromatic heterocycles. The highest BCUT2D eigenvalue weighted by Gasteiger charge is 2.14. The molecule has 0 aliphatic rings. The quantitative estimate of drug-likeness (QED) is 0.941. The highest BCUT2D eigenvalue weighted by atomic mass is 35.5. The van der Waals surface area contributed by atoms with Gasteiger partial charge >= 0.3 is 0 Å². The minimum absolute atomic E-state index is 0.227. The van der Waals surface area contributed by atoms with Crippen molar-refractivity contribution in [2.24, 2.45) is 0 Å². The molecule has 7 heteroatoms. The van der Waals surface area contributed by atoms with E-state index in [1.54, 1.807) is 18.2 Å². The first-order valence-corrected chi connectivity index (χ1v) is 7.62. The Bertz CT molecular complexity index is 769. The Balaban J connectivity index is 2.20. The van der Waals surface area contributed by atoms with Gasteiger partial charge < -0.3 is 0 Å². The number of pyridine rings is 1. The summed E-state index contributed by atoms with van der Waals surface area (Å²) in [4.78, 5) is 3.81. The molecule has 0 aliphatic carbocycles. The lowest BCUT2D eigenvalue weighted by Crippen LogP contribution is -2.15. The van der Waals surface area contributed by atoms with Crippen LogP contribution in [-0.4, -0.2) is 13.4 Å². The van der Waals surface area contributed by atoms with Crippen molar-refractivity contribution >= 4 is 27.3 Å². The molecular formula is C13H10ClN3O2S. The van der Waals surface area contributed by atoms with Gasteiger partial charge in [-0.15, -0.1) is 0 Å². The smallest absolute Gasteiger partial charge is 0.237 e. The number of nitrogens with one attached hydrogen (secondary N) is 1. The summed E-state index contributed by atoms with van der Waals surface area (Å²) < 4.78 is 26.4. The predicted octanol–water partition coefficient (Wildman–Crippen LogP) is 2.55. The fourth-order valence-electron chi connectivity index (χ4n) is 1.61. The Labute approximate surface area is 121 Å². The van der Waals surface area contributed by atoms with E-state index >= 15 is 0 Å². The van der Waals surface area contributed by atoms with Gasteiger partial charge in [-0.2, -0.15) is 5.26 Å². The first kappa shape index (κ1) is 14.3. The zero-order valence-corrected chi connectivity index (χ0v) is 11.8. The summed E-state index contributed by atoms with van der Waals surface area (Å²) in [5, 5.41) is 9.06. The highest BCUT2D eigenvalue weighted by molar-refractivity contribution is 7.91. The largest absolute Gasteiger partial charge is 0.280 e. The number of aromatic nitrogens is 1. The molecule has 0 spiro atoms. The van der Waals surface area contributed by atoms with Crippen LogP contribution in [0.2, 0.25) is 5.02 Å². The number of sulfonamides is 1. The van der Waals surface area contributed by atoms with Crippen LogP contribution in [0.15, 0.2) is 42.7 Å². The molecule has 0 amide bonds. The molecule has 0 atom stereocenters. The molecule has 0 saturated heterocycles. The third-order valence-electron chi connectivity index (χ3n) is 2.45. The fraction of sp³-hybridized carbons (Fsp3) is 0.0769. The summed E-state index contributed by atoms with van der Waals surface area (Å²) in [6.45, 7) is 0. The van der Waals surface area contributed by atoms with Crippen molar-refractivity contribution < 1.29 is 8.42 Å². The van der Waals surface area contributed by atoms with E-state index in [4.69, 9.17) is 16.9 Å². The van der Waals surface area contributed by atoms with Crippen LogP contribution in [0.5, 0.6) is 0 Å². The second kappa shape index (κ2) is 5.90. The third kappa shape index (κ3) is 3.70. The minimum Gasteiger partial charge on any atom is -0.280 e. The van der Waals surface area contributed by atoms with E-state index in [9.17, 15) is 8.42 Å². The summed E-state index contributed by atoms with van der Waals surface area (Å²) in [5.74, 6) is -0.242. The molecule has 2 rings (SSSR count). The van der Waals surface area contributed by atoms with Gasteiger partial charge in [-0.05, 0) is 23.8 Å². The average molecular weight is 308 g/mol. The van der Waals surface area contributed by atoms with Gasteiger partial charge in [-0.1, -0.05) is 23.7 Å². The van der Waals surface area contributed by atoms with Crippen molar-refractivity contribution in [3.05, 3.63) is 58.9 Å². The average Bonchev–Trinajstić information content (AvgIpc) is 2.41. The fourth-order valence-corrected chi connectivity index (χ4v) is 3.00. The molecule has 2 aromatic rings.